The van der Waals surface area contributed by atoms with E-state index in [0.717, 1.165) is 48.9 Å². The summed E-state index contributed by atoms with van der Waals surface area (Å²) in [4.78, 5) is 13.1. The second kappa shape index (κ2) is 8.56. The van der Waals surface area contributed by atoms with Crippen LogP contribution in [0.2, 0.25) is 5.02 Å². The van der Waals surface area contributed by atoms with E-state index in [1.807, 2.05) is 36.2 Å². The highest BCUT2D eigenvalue weighted by molar-refractivity contribution is 6.30. The number of nitrogens with zero attached hydrogens (tertiary/aromatic N) is 4. The maximum atomic E-state index is 9.44. The number of piperidine rings is 1. The fraction of sp³-hybridized carbons (Fsp3) is 0.474. The van der Waals surface area contributed by atoms with Gasteiger partial charge in [0.2, 0.25) is 0 Å². The van der Waals surface area contributed by atoms with Crippen LogP contribution in [0.25, 0.3) is 0 Å². The fourth-order valence-electron chi connectivity index (χ4n) is 3.35. The van der Waals surface area contributed by atoms with Gasteiger partial charge in [0.15, 0.2) is 0 Å². The summed E-state index contributed by atoms with van der Waals surface area (Å²) in [5.41, 5.74) is 1.00. The first-order valence-electron chi connectivity index (χ1n) is 8.82. The molecule has 1 saturated heterocycles. The van der Waals surface area contributed by atoms with E-state index in [0.29, 0.717) is 17.5 Å². The number of halogens is 1. The molecule has 3 rings (SSSR count). The van der Waals surface area contributed by atoms with E-state index in [9.17, 15) is 5.11 Å². The van der Waals surface area contributed by atoms with E-state index in [4.69, 9.17) is 16.3 Å². The first-order chi connectivity index (χ1) is 12.6. The van der Waals surface area contributed by atoms with Gasteiger partial charge in [0, 0.05) is 49.9 Å². The lowest BCUT2D eigenvalue weighted by Crippen LogP contribution is -2.37. The van der Waals surface area contributed by atoms with Gasteiger partial charge in [-0.3, -0.25) is 0 Å². The zero-order valence-electron chi connectivity index (χ0n) is 15.2. The monoisotopic (exact) mass is 376 g/mol. The summed E-state index contributed by atoms with van der Waals surface area (Å²) in [6.45, 7) is 2.64. The topological polar surface area (TPSA) is 61.7 Å². The molecule has 1 atom stereocenters. The summed E-state index contributed by atoms with van der Waals surface area (Å²) in [5.74, 6) is 2.86. The number of methoxy groups -OCH3 is 1. The molecule has 0 bridgehead atoms. The number of benzene rings is 1. The Kier molecular flexibility index (Phi) is 6.16. The van der Waals surface area contributed by atoms with Crippen molar-refractivity contribution in [3.05, 3.63) is 41.2 Å². The van der Waals surface area contributed by atoms with Gasteiger partial charge in [-0.1, -0.05) is 11.6 Å². The molecule has 0 saturated carbocycles. The molecule has 1 aromatic heterocycles. The van der Waals surface area contributed by atoms with E-state index in [1.54, 1.807) is 13.4 Å². The summed E-state index contributed by atoms with van der Waals surface area (Å²) in [5, 5.41) is 10.1. The van der Waals surface area contributed by atoms with Gasteiger partial charge in [-0.25, -0.2) is 9.97 Å². The summed E-state index contributed by atoms with van der Waals surface area (Å²) >= 11 is 6.13. The predicted molar refractivity (Wildman–Crippen MR) is 104 cm³/mol. The molecule has 1 fully saturated rings. The van der Waals surface area contributed by atoms with Crippen molar-refractivity contribution in [3.8, 4) is 5.75 Å². The van der Waals surface area contributed by atoms with Crippen molar-refractivity contribution in [2.45, 2.75) is 19.4 Å². The molecule has 1 aliphatic heterocycles. The lowest BCUT2D eigenvalue weighted by Gasteiger charge is -2.33. The second-order valence-electron chi connectivity index (χ2n) is 6.68. The molecular formula is C19H25ClN4O2. The molecule has 0 aliphatic carbocycles. The molecule has 7 heteroatoms. The number of anilines is 2. The highest BCUT2D eigenvalue weighted by Crippen LogP contribution is 2.27. The van der Waals surface area contributed by atoms with Crippen LogP contribution in [0.4, 0.5) is 11.6 Å². The van der Waals surface area contributed by atoms with E-state index >= 15 is 0 Å². The summed E-state index contributed by atoms with van der Waals surface area (Å²) in [6.07, 6.45) is 3.73. The third-order valence-corrected chi connectivity index (χ3v) is 5.02. The van der Waals surface area contributed by atoms with Gasteiger partial charge in [-0.05, 0) is 37.0 Å². The van der Waals surface area contributed by atoms with Crippen LogP contribution in [0.15, 0.2) is 30.6 Å². The van der Waals surface area contributed by atoms with Crippen LogP contribution in [0.5, 0.6) is 5.75 Å². The van der Waals surface area contributed by atoms with Crippen molar-refractivity contribution in [3.63, 3.8) is 0 Å². The Morgan fingerprint density at radius 1 is 1.35 bits per heavy atom. The van der Waals surface area contributed by atoms with Gasteiger partial charge in [-0.2, -0.15) is 0 Å². The first kappa shape index (κ1) is 18.7. The third kappa shape index (κ3) is 4.37. The van der Waals surface area contributed by atoms with Gasteiger partial charge < -0.3 is 19.6 Å². The van der Waals surface area contributed by atoms with Crippen LogP contribution in [0.1, 0.15) is 18.4 Å². The summed E-state index contributed by atoms with van der Waals surface area (Å²) < 4.78 is 5.43. The molecule has 1 aromatic carbocycles. The van der Waals surface area contributed by atoms with Gasteiger partial charge in [0.25, 0.3) is 0 Å². The summed E-state index contributed by atoms with van der Waals surface area (Å²) in [6, 6.07) is 7.60. The Labute approximate surface area is 159 Å². The van der Waals surface area contributed by atoms with Crippen molar-refractivity contribution in [2.24, 2.45) is 5.92 Å². The van der Waals surface area contributed by atoms with Crippen molar-refractivity contribution in [1.82, 2.24) is 9.97 Å². The minimum atomic E-state index is 0.225. The molecule has 2 heterocycles. The van der Waals surface area contributed by atoms with Crippen LogP contribution < -0.4 is 14.5 Å². The van der Waals surface area contributed by atoms with E-state index < -0.39 is 0 Å². The molecule has 1 aliphatic rings. The van der Waals surface area contributed by atoms with Crippen LogP contribution in [0.3, 0.4) is 0 Å². The van der Waals surface area contributed by atoms with Gasteiger partial charge in [0.1, 0.15) is 23.7 Å². The highest BCUT2D eigenvalue weighted by atomic mass is 35.5. The molecule has 2 aromatic rings. The quantitative estimate of drug-likeness (QED) is 0.836. The number of aliphatic hydroxyl groups excluding tert-OH is 1. The number of hydrogen-bond donors (Lipinski definition) is 1. The van der Waals surface area contributed by atoms with Crippen molar-refractivity contribution < 1.29 is 9.84 Å². The van der Waals surface area contributed by atoms with Crippen molar-refractivity contribution in [1.29, 1.82) is 0 Å². The Bertz CT molecular complexity index is 743. The van der Waals surface area contributed by atoms with E-state index in [2.05, 4.69) is 14.9 Å². The van der Waals surface area contributed by atoms with E-state index in [-0.39, 0.29) is 6.61 Å². The van der Waals surface area contributed by atoms with Crippen LogP contribution in [-0.2, 0) is 6.54 Å². The minimum Gasteiger partial charge on any atom is -0.496 e. The number of aromatic nitrogens is 2. The molecule has 0 amide bonds. The maximum absolute atomic E-state index is 9.44. The third-order valence-electron chi connectivity index (χ3n) is 4.78. The largest absolute Gasteiger partial charge is 0.496 e. The van der Waals surface area contributed by atoms with Gasteiger partial charge in [-0.15, -0.1) is 0 Å². The maximum Gasteiger partial charge on any atom is 0.134 e. The lowest BCUT2D eigenvalue weighted by molar-refractivity contribution is 0.208. The second-order valence-corrected chi connectivity index (χ2v) is 7.12. The van der Waals surface area contributed by atoms with Crippen LogP contribution in [0, 0.1) is 5.92 Å². The summed E-state index contributed by atoms with van der Waals surface area (Å²) in [7, 11) is 3.64. The fourth-order valence-corrected chi connectivity index (χ4v) is 3.54. The Hall–Kier alpha value is -2.05. The van der Waals surface area contributed by atoms with Crippen LogP contribution >= 0.6 is 11.6 Å². The first-order valence-corrected chi connectivity index (χ1v) is 9.20. The average molecular weight is 377 g/mol. The molecule has 0 spiro atoms. The number of aliphatic hydroxyl groups is 1. The molecule has 140 valence electrons. The number of rotatable bonds is 6. The molecule has 1 unspecified atom stereocenters. The minimum absolute atomic E-state index is 0.225. The molecule has 6 nitrogen and oxygen atoms in total. The Balaban J connectivity index is 1.76. The molecule has 0 radical (unpaired) electrons. The van der Waals surface area contributed by atoms with Crippen molar-refractivity contribution in [2.75, 3.05) is 43.7 Å². The van der Waals surface area contributed by atoms with Crippen molar-refractivity contribution >= 4 is 23.2 Å². The van der Waals surface area contributed by atoms with E-state index in [1.165, 1.54) is 0 Å². The zero-order chi connectivity index (χ0) is 18.5. The standard InChI is InChI=1S/C19H25ClN4O2/c1-23(11-15-8-16(20)5-6-17(15)26-2)18-9-19(22-13-21-18)24-7-3-4-14(10-24)12-25/h5-6,8-9,13-14,25H,3-4,7,10-12H2,1-2H3. The van der Waals surface area contributed by atoms with Gasteiger partial charge >= 0.3 is 0 Å². The zero-order valence-corrected chi connectivity index (χ0v) is 16.0. The average Bonchev–Trinajstić information content (AvgIpc) is 2.68. The van der Waals surface area contributed by atoms with Crippen LogP contribution in [-0.4, -0.2) is 48.9 Å². The smallest absolute Gasteiger partial charge is 0.134 e. The molecular weight excluding hydrogens is 352 g/mol. The normalized spacial score (nSPS) is 17.2. The highest BCUT2D eigenvalue weighted by Gasteiger charge is 2.21. The number of hydrogen-bond acceptors (Lipinski definition) is 6. The van der Waals surface area contributed by atoms with Gasteiger partial charge in [0.05, 0.1) is 7.11 Å². The number of ether oxygens (including phenoxy) is 1. The SMILES string of the molecule is COc1ccc(Cl)cc1CN(C)c1cc(N2CCCC(CO)C2)ncn1. The Morgan fingerprint density at radius 3 is 2.96 bits per heavy atom. The lowest BCUT2D eigenvalue weighted by atomic mass is 9.99. The molecule has 1 N–H and O–H groups in total. The Morgan fingerprint density at radius 2 is 2.19 bits per heavy atom. The predicted octanol–water partition coefficient (Wildman–Crippen LogP) is 2.98. The molecule has 26 heavy (non-hydrogen) atoms.